The quantitative estimate of drug-likeness (QED) is 0.709. The standard InChI is InChI=1S/C12H17NO4/c1-2-3-4-11(14)13-7-5-10(6-8-13)17-9-12(15)16/h1,10H,3-9H2,(H,15,16). The Morgan fingerprint density at radius 1 is 1.41 bits per heavy atom. The second-order valence-corrected chi connectivity index (χ2v) is 3.99. The second-order valence-electron chi connectivity index (χ2n) is 3.99. The summed E-state index contributed by atoms with van der Waals surface area (Å²) in [5.41, 5.74) is 0. The number of rotatable bonds is 5. The zero-order valence-electron chi connectivity index (χ0n) is 9.72. The summed E-state index contributed by atoms with van der Waals surface area (Å²) >= 11 is 0. The minimum absolute atomic E-state index is 0.0530. The van der Waals surface area contributed by atoms with Crippen LogP contribution in [0.3, 0.4) is 0 Å². The van der Waals surface area contributed by atoms with E-state index in [9.17, 15) is 9.59 Å². The summed E-state index contributed by atoms with van der Waals surface area (Å²) in [5, 5.41) is 8.47. The Labute approximate surface area is 101 Å². The van der Waals surface area contributed by atoms with Crippen LogP contribution in [0.25, 0.3) is 0 Å². The first kappa shape index (κ1) is 13.5. The molecule has 0 aromatic carbocycles. The van der Waals surface area contributed by atoms with Gasteiger partial charge in [-0.25, -0.2) is 4.79 Å². The van der Waals surface area contributed by atoms with Crippen molar-refractivity contribution in [2.24, 2.45) is 0 Å². The van der Waals surface area contributed by atoms with Gasteiger partial charge in [0.25, 0.3) is 0 Å². The van der Waals surface area contributed by atoms with E-state index in [-0.39, 0.29) is 18.6 Å². The van der Waals surface area contributed by atoms with Gasteiger partial charge in [0, 0.05) is 25.9 Å². The largest absolute Gasteiger partial charge is 0.480 e. The fourth-order valence-corrected chi connectivity index (χ4v) is 1.80. The Hall–Kier alpha value is -1.54. The van der Waals surface area contributed by atoms with Gasteiger partial charge in [-0.2, -0.15) is 0 Å². The molecule has 0 spiro atoms. The Kier molecular flexibility index (Phi) is 5.50. The van der Waals surface area contributed by atoms with E-state index < -0.39 is 5.97 Å². The molecule has 5 heteroatoms. The Morgan fingerprint density at radius 2 is 2.06 bits per heavy atom. The van der Waals surface area contributed by atoms with Gasteiger partial charge in [0.1, 0.15) is 6.61 Å². The third kappa shape index (κ3) is 4.87. The van der Waals surface area contributed by atoms with E-state index >= 15 is 0 Å². The van der Waals surface area contributed by atoms with Crippen molar-refractivity contribution in [2.45, 2.75) is 31.8 Å². The molecule has 1 saturated heterocycles. The number of hydrogen-bond donors (Lipinski definition) is 1. The van der Waals surface area contributed by atoms with E-state index in [2.05, 4.69) is 5.92 Å². The number of likely N-dealkylation sites (tertiary alicyclic amines) is 1. The van der Waals surface area contributed by atoms with Crippen LogP contribution in [-0.4, -0.2) is 47.7 Å². The molecule has 5 nitrogen and oxygen atoms in total. The van der Waals surface area contributed by atoms with Crippen molar-refractivity contribution < 1.29 is 19.4 Å². The highest BCUT2D eigenvalue weighted by molar-refractivity contribution is 5.76. The molecule has 1 rings (SSSR count). The van der Waals surface area contributed by atoms with Gasteiger partial charge in [-0.1, -0.05) is 0 Å². The molecule has 0 bridgehead atoms. The van der Waals surface area contributed by atoms with Crippen LogP contribution in [0, 0.1) is 12.3 Å². The first-order chi connectivity index (χ1) is 8.13. The molecular formula is C12H17NO4. The van der Waals surface area contributed by atoms with E-state index in [4.69, 9.17) is 16.3 Å². The Balaban J connectivity index is 2.23. The van der Waals surface area contributed by atoms with E-state index in [1.54, 1.807) is 4.90 Å². The number of terminal acetylenes is 1. The van der Waals surface area contributed by atoms with Gasteiger partial charge in [0.2, 0.25) is 5.91 Å². The van der Waals surface area contributed by atoms with Gasteiger partial charge < -0.3 is 14.7 Å². The Morgan fingerprint density at radius 3 is 2.59 bits per heavy atom. The number of carboxylic acid groups (broad SMARTS) is 1. The molecule has 0 aliphatic carbocycles. The summed E-state index contributed by atoms with van der Waals surface area (Å²) in [6.45, 7) is 0.969. The average molecular weight is 239 g/mol. The molecule has 0 saturated carbocycles. The number of amides is 1. The fraction of sp³-hybridized carbons (Fsp3) is 0.667. The van der Waals surface area contributed by atoms with Gasteiger partial charge in [0.05, 0.1) is 6.10 Å². The molecular weight excluding hydrogens is 222 g/mol. The molecule has 1 aliphatic rings. The van der Waals surface area contributed by atoms with Crippen molar-refractivity contribution in [1.29, 1.82) is 0 Å². The predicted molar refractivity (Wildman–Crippen MR) is 61.3 cm³/mol. The molecule has 0 radical (unpaired) electrons. The first-order valence-electron chi connectivity index (χ1n) is 5.68. The number of piperidine rings is 1. The summed E-state index contributed by atoms with van der Waals surface area (Å²) in [6.07, 6.45) is 7.28. The van der Waals surface area contributed by atoms with E-state index in [1.807, 2.05) is 0 Å². The molecule has 1 heterocycles. The van der Waals surface area contributed by atoms with Crippen LogP contribution < -0.4 is 0 Å². The second kappa shape index (κ2) is 6.92. The molecule has 0 aromatic heterocycles. The lowest BCUT2D eigenvalue weighted by Crippen LogP contribution is -2.41. The number of carbonyl (C=O) groups excluding carboxylic acids is 1. The highest BCUT2D eigenvalue weighted by Crippen LogP contribution is 2.14. The molecule has 94 valence electrons. The van der Waals surface area contributed by atoms with Gasteiger partial charge in [-0.3, -0.25) is 4.79 Å². The van der Waals surface area contributed by atoms with Crippen molar-refractivity contribution in [2.75, 3.05) is 19.7 Å². The molecule has 0 atom stereocenters. The fourth-order valence-electron chi connectivity index (χ4n) is 1.80. The first-order valence-corrected chi connectivity index (χ1v) is 5.68. The normalized spacial score (nSPS) is 16.5. The molecule has 0 unspecified atom stereocenters. The van der Waals surface area contributed by atoms with E-state index in [0.717, 1.165) is 0 Å². The third-order valence-corrected chi connectivity index (χ3v) is 2.72. The third-order valence-electron chi connectivity index (χ3n) is 2.72. The number of ether oxygens (including phenoxy) is 1. The number of aliphatic carboxylic acids is 1. The van der Waals surface area contributed by atoms with Gasteiger partial charge in [-0.15, -0.1) is 12.3 Å². The number of carbonyl (C=O) groups is 2. The highest BCUT2D eigenvalue weighted by atomic mass is 16.5. The molecule has 1 aliphatic heterocycles. The number of nitrogens with zero attached hydrogens (tertiary/aromatic N) is 1. The average Bonchev–Trinajstić information content (AvgIpc) is 2.34. The van der Waals surface area contributed by atoms with Crippen molar-refractivity contribution >= 4 is 11.9 Å². The van der Waals surface area contributed by atoms with Crippen LogP contribution in [0.1, 0.15) is 25.7 Å². The van der Waals surface area contributed by atoms with Crippen LogP contribution in [0.15, 0.2) is 0 Å². The summed E-state index contributed by atoms with van der Waals surface area (Å²) < 4.78 is 5.18. The van der Waals surface area contributed by atoms with Crippen LogP contribution in [0.2, 0.25) is 0 Å². The van der Waals surface area contributed by atoms with Crippen LogP contribution >= 0.6 is 0 Å². The predicted octanol–water partition coefficient (Wildman–Crippen LogP) is 0.492. The summed E-state index contributed by atoms with van der Waals surface area (Å²) in [7, 11) is 0. The zero-order chi connectivity index (χ0) is 12.7. The SMILES string of the molecule is C#CCCC(=O)N1CCC(OCC(=O)O)CC1. The molecule has 1 N–H and O–H groups in total. The maximum atomic E-state index is 11.6. The van der Waals surface area contributed by atoms with Gasteiger partial charge in [0.15, 0.2) is 0 Å². The number of carboxylic acids is 1. The van der Waals surface area contributed by atoms with Crippen LogP contribution in [-0.2, 0) is 14.3 Å². The summed E-state index contributed by atoms with van der Waals surface area (Å²) in [4.78, 5) is 23.7. The maximum absolute atomic E-state index is 11.6. The highest BCUT2D eigenvalue weighted by Gasteiger charge is 2.23. The minimum Gasteiger partial charge on any atom is -0.480 e. The summed E-state index contributed by atoms with van der Waals surface area (Å²) in [6, 6.07) is 0. The van der Waals surface area contributed by atoms with Crippen LogP contribution in [0.4, 0.5) is 0 Å². The molecule has 17 heavy (non-hydrogen) atoms. The van der Waals surface area contributed by atoms with Crippen molar-refractivity contribution in [3.63, 3.8) is 0 Å². The van der Waals surface area contributed by atoms with E-state index in [1.165, 1.54) is 0 Å². The molecule has 1 amide bonds. The lowest BCUT2D eigenvalue weighted by Gasteiger charge is -2.31. The smallest absolute Gasteiger partial charge is 0.329 e. The Bertz CT molecular complexity index is 313. The van der Waals surface area contributed by atoms with Crippen molar-refractivity contribution in [3.8, 4) is 12.3 Å². The van der Waals surface area contributed by atoms with Crippen LogP contribution in [0.5, 0.6) is 0 Å². The van der Waals surface area contributed by atoms with E-state index in [0.29, 0.717) is 38.8 Å². The van der Waals surface area contributed by atoms with Crippen molar-refractivity contribution in [3.05, 3.63) is 0 Å². The summed E-state index contributed by atoms with van der Waals surface area (Å²) in [5.74, 6) is 1.55. The lowest BCUT2D eigenvalue weighted by atomic mass is 10.1. The maximum Gasteiger partial charge on any atom is 0.329 e. The monoisotopic (exact) mass is 239 g/mol. The zero-order valence-corrected chi connectivity index (χ0v) is 9.72. The number of hydrogen-bond acceptors (Lipinski definition) is 3. The lowest BCUT2D eigenvalue weighted by molar-refractivity contribution is -0.146. The molecule has 1 fully saturated rings. The van der Waals surface area contributed by atoms with Gasteiger partial charge in [-0.05, 0) is 12.8 Å². The van der Waals surface area contributed by atoms with Crippen molar-refractivity contribution in [1.82, 2.24) is 4.90 Å². The minimum atomic E-state index is -0.961. The molecule has 0 aromatic rings. The topological polar surface area (TPSA) is 66.8 Å². The van der Waals surface area contributed by atoms with Gasteiger partial charge >= 0.3 is 5.97 Å².